The smallest absolute Gasteiger partial charge is 0.264 e. The Hall–Kier alpha value is -1.46. The van der Waals surface area contributed by atoms with E-state index in [1.807, 2.05) is 0 Å². The summed E-state index contributed by atoms with van der Waals surface area (Å²) in [6.45, 7) is 0. The van der Waals surface area contributed by atoms with Crippen LogP contribution in [0.5, 0.6) is 0 Å². The molecular formula is C6H8N2O4. The molecule has 0 saturated heterocycles. The molecule has 0 radical (unpaired) electrons. The van der Waals surface area contributed by atoms with Gasteiger partial charge in [0, 0.05) is 16.3 Å². The molecule has 0 bridgehead atoms. The Morgan fingerprint density at radius 2 is 1.92 bits per heavy atom. The molecule has 0 N–H and O–H groups in total. The largest absolute Gasteiger partial charge is 0.297 e. The maximum atomic E-state index is 10.3. The lowest BCUT2D eigenvalue weighted by Gasteiger charge is -2.13. The van der Waals surface area contributed by atoms with Gasteiger partial charge in [0.05, 0.1) is 0 Å². The summed E-state index contributed by atoms with van der Waals surface area (Å²) in [6, 6.07) is -2.20. The predicted molar refractivity (Wildman–Crippen MR) is 39.9 cm³/mol. The highest BCUT2D eigenvalue weighted by molar-refractivity contribution is 4.98. The van der Waals surface area contributed by atoms with Crippen LogP contribution in [0.25, 0.3) is 0 Å². The van der Waals surface area contributed by atoms with Gasteiger partial charge < -0.3 is 0 Å². The third-order valence-electron chi connectivity index (χ3n) is 1.87. The van der Waals surface area contributed by atoms with E-state index in [1.54, 1.807) is 6.08 Å². The van der Waals surface area contributed by atoms with E-state index >= 15 is 0 Å². The Bertz CT molecular complexity index is 238. The van der Waals surface area contributed by atoms with E-state index in [9.17, 15) is 20.2 Å². The second-order valence-electron chi connectivity index (χ2n) is 2.63. The van der Waals surface area contributed by atoms with Crippen molar-refractivity contribution in [3.63, 3.8) is 0 Å². The summed E-state index contributed by atoms with van der Waals surface area (Å²) < 4.78 is 0. The summed E-state index contributed by atoms with van der Waals surface area (Å²) in [5.41, 5.74) is 0. The van der Waals surface area contributed by atoms with Crippen molar-refractivity contribution in [1.29, 1.82) is 0 Å². The van der Waals surface area contributed by atoms with Crippen LogP contribution in [0, 0.1) is 20.2 Å². The first kappa shape index (κ1) is 8.63. The van der Waals surface area contributed by atoms with Gasteiger partial charge in [-0.1, -0.05) is 6.08 Å². The molecule has 0 aromatic carbocycles. The highest BCUT2D eigenvalue weighted by atomic mass is 16.6. The number of hydrogen-bond acceptors (Lipinski definition) is 4. The third kappa shape index (κ3) is 1.58. The van der Waals surface area contributed by atoms with E-state index < -0.39 is 21.9 Å². The Labute approximate surface area is 68.2 Å². The molecule has 0 amide bonds. The Morgan fingerprint density at radius 3 is 2.33 bits per heavy atom. The van der Waals surface area contributed by atoms with Gasteiger partial charge in [0.1, 0.15) is 0 Å². The molecule has 0 aromatic heterocycles. The van der Waals surface area contributed by atoms with Gasteiger partial charge in [0.2, 0.25) is 0 Å². The fraction of sp³-hybridized carbons (Fsp3) is 0.667. The summed E-state index contributed by atoms with van der Waals surface area (Å²) in [6.07, 6.45) is 3.73. The second-order valence-corrected chi connectivity index (χ2v) is 2.63. The van der Waals surface area contributed by atoms with E-state index in [0.29, 0.717) is 6.42 Å². The van der Waals surface area contributed by atoms with Crippen LogP contribution in [0.4, 0.5) is 0 Å². The summed E-state index contributed by atoms with van der Waals surface area (Å²) in [7, 11) is 0. The molecule has 1 rings (SSSR count). The van der Waals surface area contributed by atoms with Crippen LogP contribution >= 0.6 is 0 Å². The van der Waals surface area contributed by atoms with Crippen LogP contribution in [0.2, 0.25) is 0 Å². The van der Waals surface area contributed by atoms with Crippen LogP contribution in [-0.2, 0) is 0 Å². The van der Waals surface area contributed by atoms with Gasteiger partial charge in [0.15, 0.2) is 0 Å². The summed E-state index contributed by atoms with van der Waals surface area (Å²) >= 11 is 0. The van der Waals surface area contributed by atoms with Crippen LogP contribution < -0.4 is 0 Å². The summed E-state index contributed by atoms with van der Waals surface area (Å²) in [5, 5.41) is 20.7. The van der Waals surface area contributed by atoms with E-state index in [2.05, 4.69) is 0 Å². The van der Waals surface area contributed by atoms with Crippen molar-refractivity contribution >= 4 is 0 Å². The maximum absolute atomic E-state index is 10.3. The highest BCUT2D eigenvalue weighted by Gasteiger charge is 2.39. The molecule has 0 fully saturated rings. The van der Waals surface area contributed by atoms with Gasteiger partial charge in [-0.2, -0.15) is 0 Å². The Balaban J connectivity index is 2.79. The van der Waals surface area contributed by atoms with E-state index in [4.69, 9.17) is 0 Å². The average Bonchev–Trinajstić information content (AvgIpc) is 2.04. The first-order valence-corrected chi connectivity index (χ1v) is 3.56. The van der Waals surface area contributed by atoms with E-state index in [0.717, 1.165) is 0 Å². The average molecular weight is 172 g/mol. The van der Waals surface area contributed by atoms with Crippen LogP contribution in [0.3, 0.4) is 0 Å². The zero-order valence-corrected chi connectivity index (χ0v) is 6.25. The standard InChI is InChI=1S/C6H8N2O4/c9-7(10)5-3-1-2-4-6(5)8(11)12/h1,3,5-6H,2,4H2. The van der Waals surface area contributed by atoms with Crippen molar-refractivity contribution in [2.75, 3.05) is 0 Å². The number of allylic oxidation sites excluding steroid dienone is 1. The normalized spacial score (nSPS) is 28.3. The zero-order valence-electron chi connectivity index (χ0n) is 6.25. The number of nitro groups is 2. The topological polar surface area (TPSA) is 86.3 Å². The van der Waals surface area contributed by atoms with Crippen molar-refractivity contribution in [2.24, 2.45) is 0 Å². The molecule has 0 saturated carbocycles. The minimum atomic E-state index is -1.14. The molecule has 0 aromatic rings. The number of nitrogens with zero attached hydrogens (tertiary/aromatic N) is 2. The van der Waals surface area contributed by atoms with Crippen LogP contribution in [-0.4, -0.2) is 21.9 Å². The molecule has 0 heterocycles. The molecular weight excluding hydrogens is 164 g/mol. The van der Waals surface area contributed by atoms with Crippen molar-refractivity contribution in [1.82, 2.24) is 0 Å². The number of hydrogen-bond donors (Lipinski definition) is 0. The Morgan fingerprint density at radius 1 is 1.25 bits per heavy atom. The second kappa shape index (κ2) is 3.29. The molecule has 1 aliphatic carbocycles. The lowest BCUT2D eigenvalue weighted by atomic mass is 9.98. The molecule has 2 atom stereocenters. The van der Waals surface area contributed by atoms with Gasteiger partial charge in [0.25, 0.3) is 12.1 Å². The minimum Gasteiger partial charge on any atom is -0.264 e. The van der Waals surface area contributed by atoms with E-state index in [1.165, 1.54) is 6.08 Å². The molecule has 0 spiro atoms. The molecule has 1 aliphatic rings. The maximum Gasteiger partial charge on any atom is 0.297 e. The highest BCUT2D eigenvalue weighted by Crippen LogP contribution is 2.16. The third-order valence-corrected chi connectivity index (χ3v) is 1.87. The summed E-state index contributed by atoms with van der Waals surface area (Å²) in [4.78, 5) is 19.5. The van der Waals surface area contributed by atoms with Gasteiger partial charge in [-0.3, -0.25) is 20.2 Å². The summed E-state index contributed by atoms with van der Waals surface area (Å²) in [5.74, 6) is 0. The van der Waals surface area contributed by atoms with E-state index in [-0.39, 0.29) is 6.42 Å². The molecule has 12 heavy (non-hydrogen) atoms. The molecule has 6 nitrogen and oxygen atoms in total. The van der Waals surface area contributed by atoms with Crippen molar-refractivity contribution < 1.29 is 9.85 Å². The number of rotatable bonds is 2. The fourth-order valence-electron chi connectivity index (χ4n) is 1.24. The minimum absolute atomic E-state index is 0.259. The van der Waals surface area contributed by atoms with Crippen molar-refractivity contribution in [3.05, 3.63) is 32.4 Å². The van der Waals surface area contributed by atoms with Crippen molar-refractivity contribution in [3.8, 4) is 0 Å². The SMILES string of the molecule is O=[N+]([O-])C1C=CCCC1[N+](=O)[O-]. The van der Waals surface area contributed by atoms with Crippen LogP contribution in [0.15, 0.2) is 12.2 Å². The Kier molecular flexibility index (Phi) is 2.37. The zero-order chi connectivity index (χ0) is 9.14. The first-order valence-electron chi connectivity index (χ1n) is 3.56. The molecule has 6 heteroatoms. The van der Waals surface area contributed by atoms with Gasteiger partial charge >= 0.3 is 0 Å². The van der Waals surface area contributed by atoms with Crippen molar-refractivity contribution in [2.45, 2.75) is 24.9 Å². The molecule has 66 valence electrons. The lowest BCUT2D eigenvalue weighted by Crippen LogP contribution is -2.39. The molecule has 0 aliphatic heterocycles. The van der Waals surface area contributed by atoms with Gasteiger partial charge in [-0.25, -0.2) is 0 Å². The first-order chi connectivity index (χ1) is 5.63. The quantitative estimate of drug-likeness (QED) is 0.347. The van der Waals surface area contributed by atoms with Crippen LogP contribution in [0.1, 0.15) is 12.8 Å². The fourth-order valence-corrected chi connectivity index (χ4v) is 1.24. The van der Waals surface area contributed by atoms with Gasteiger partial charge in [-0.15, -0.1) is 0 Å². The lowest BCUT2D eigenvalue weighted by molar-refractivity contribution is -0.609. The van der Waals surface area contributed by atoms with Gasteiger partial charge in [-0.05, 0) is 12.5 Å². The predicted octanol–water partition coefficient (Wildman–Crippen LogP) is 0.627. The monoisotopic (exact) mass is 172 g/mol. The molecule has 2 unspecified atom stereocenters.